The molecule has 1 N–H and O–H groups in total. The monoisotopic (exact) mass is 413 g/mol. The minimum Gasteiger partial charge on any atom is -0.305 e. The van der Waals surface area contributed by atoms with E-state index in [4.69, 9.17) is 0 Å². The molecule has 8 heteroatoms. The molecular formula is C21H23N3O4S. The Morgan fingerprint density at radius 3 is 2.31 bits per heavy atom. The van der Waals surface area contributed by atoms with Gasteiger partial charge < -0.3 is 9.13 Å². The molecule has 3 aromatic rings. The van der Waals surface area contributed by atoms with Crippen molar-refractivity contribution in [3.63, 3.8) is 0 Å². The molecule has 2 aromatic carbocycles. The Bertz CT molecular complexity index is 1350. The van der Waals surface area contributed by atoms with Crippen LogP contribution in [0.25, 0.3) is 11.0 Å². The van der Waals surface area contributed by atoms with Crippen molar-refractivity contribution in [2.75, 3.05) is 0 Å². The lowest BCUT2D eigenvalue weighted by atomic mass is 9.88. The van der Waals surface area contributed by atoms with Gasteiger partial charge in [0.25, 0.3) is 0 Å². The number of nitrogens with zero attached hydrogens (tertiary/aromatic N) is 2. The Kier molecular flexibility index (Phi) is 4.71. The van der Waals surface area contributed by atoms with Crippen LogP contribution in [-0.2, 0) is 30.5 Å². The smallest absolute Gasteiger partial charge is 0.305 e. The van der Waals surface area contributed by atoms with E-state index in [1.807, 2.05) is 24.3 Å². The van der Waals surface area contributed by atoms with Gasteiger partial charge >= 0.3 is 11.1 Å². The van der Waals surface area contributed by atoms with Gasteiger partial charge in [-0.15, -0.1) is 0 Å². The average molecular weight is 413 g/mol. The molecule has 4 rings (SSSR count). The fraction of sp³-hybridized carbons (Fsp3) is 0.333. The highest BCUT2D eigenvalue weighted by Crippen LogP contribution is 2.31. The highest BCUT2D eigenvalue weighted by atomic mass is 32.2. The summed E-state index contributed by atoms with van der Waals surface area (Å²) in [5.41, 5.74) is 2.26. The molecule has 1 aliphatic rings. The van der Waals surface area contributed by atoms with Gasteiger partial charge in [-0.3, -0.25) is 9.59 Å². The number of aryl methyl sites for hydroxylation is 4. The lowest BCUT2D eigenvalue weighted by Crippen LogP contribution is -2.39. The number of sulfonamides is 1. The summed E-state index contributed by atoms with van der Waals surface area (Å²) in [4.78, 5) is 24.4. The summed E-state index contributed by atoms with van der Waals surface area (Å²) in [6, 6.07) is 10.7. The zero-order chi connectivity index (χ0) is 20.9. The van der Waals surface area contributed by atoms with Crippen molar-refractivity contribution in [1.82, 2.24) is 13.9 Å². The Morgan fingerprint density at radius 2 is 1.62 bits per heavy atom. The van der Waals surface area contributed by atoms with Gasteiger partial charge in [-0.1, -0.05) is 24.3 Å². The Labute approximate surface area is 168 Å². The number of benzene rings is 2. The Balaban J connectivity index is 1.83. The second kappa shape index (κ2) is 6.96. The molecule has 0 spiro atoms. The summed E-state index contributed by atoms with van der Waals surface area (Å²) in [5, 5.41) is 0. The molecule has 0 saturated heterocycles. The highest BCUT2D eigenvalue weighted by Gasteiger charge is 2.27. The molecule has 0 fully saturated rings. The minimum absolute atomic E-state index is 0.113. The van der Waals surface area contributed by atoms with E-state index < -0.39 is 21.1 Å². The molecule has 0 bridgehead atoms. The number of fused-ring (bicyclic) bond motifs is 2. The van der Waals surface area contributed by atoms with Crippen LogP contribution in [0.1, 0.15) is 35.6 Å². The first-order valence-electron chi connectivity index (χ1n) is 9.51. The van der Waals surface area contributed by atoms with E-state index in [9.17, 15) is 18.0 Å². The molecule has 152 valence electrons. The van der Waals surface area contributed by atoms with E-state index >= 15 is 0 Å². The van der Waals surface area contributed by atoms with Crippen LogP contribution in [0.3, 0.4) is 0 Å². The second-order valence-electron chi connectivity index (χ2n) is 7.60. The predicted octanol–water partition coefficient (Wildman–Crippen LogP) is 1.90. The Morgan fingerprint density at radius 1 is 1.00 bits per heavy atom. The van der Waals surface area contributed by atoms with Crippen molar-refractivity contribution >= 4 is 21.1 Å². The van der Waals surface area contributed by atoms with Gasteiger partial charge in [-0.05, 0) is 55.0 Å². The summed E-state index contributed by atoms with van der Waals surface area (Å²) in [5.74, 6) is 0. The minimum atomic E-state index is -3.83. The third kappa shape index (κ3) is 3.22. The summed E-state index contributed by atoms with van der Waals surface area (Å²) in [6.45, 7) is 1.69. The number of hydrogen-bond acceptors (Lipinski definition) is 4. The molecule has 29 heavy (non-hydrogen) atoms. The first-order chi connectivity index (χ1) is 13.7. The molecule has 1 heterocycles. The SMILES string of the molecule is Cc1cc2c(cc1S(=O)(=O)N[C@@H]1CCCc3ccccc31)n(C)c(=O)c(=O)n2C. The molecule has 0 aliphatic heterocycles. The van der Waals surface area contributed by atoms with E-state index in [0.29, 0.717) is 16.6 Å². The predicted molar refractivity (Wildman–Crippen MR) is 112 cm³/mol. The summed E-state index contributed by atoms with van der Waals surface area (Å²) < 4.78 is 31.8. The maximum atomic E-state index is 13.3. The normalized spacial score (nSPS) is 16.7. The average Bonchev–Trinajstić information content (AvgIpc) is 2.70. The highest BCUT2D eigenvalue weighted by molar-refractivity contribution is 7.89. The molecule has 0 radical (unpaired) electrons. The van der Waals surface area contributed by atoms with Crippen molar-refractivity contribution in [1.29, 1.82) is 0 Å². The number of aromatic nitrogens is 2. The zero-order valence-corrected chi connectivity index (χ0v) is 17.4. The van der Waals surface area contributed by atoms with E-state index in [-0.39, 0.29) is 10.9 Å². The fourth-order valence-electron chi connectivity index (χ4n) is 4.12. The summed E-state index contributed by atoms with van der Waals surface area (Å²) in [7, 11) is -0.844. The van der Waals surface area contributed by atoms with Crippen LogP contribution in [0.5, 0.6) is 0 Å². The number of hydrogen-bond donors (Lipinski definition) is 1. The maximum absolute atomic E-state index is 13.3. The van der Waals surface area contributed by atoms with Crippen molar-refractivity contribution in [2.45, 2.75) is 37.1 Å². The van der Waals surface area contributed by atoms with Crippen molar-refractivity contribution in [3.8, 4) is 0 Å². The largest absolute Gasteiger partial charge is 0.316 e. The summed E-state index contributed by atoms with van der Waals surface area (Å²) >= 11 is 0. The number of rotatable bonds is 3. The number of nitrogens with one attached hydrogen (secondary N) is 1. The van der Waals surface area contributed by atoms with Crippen LogP contribution in [0.2, 0.25) is 0 Å². The Hall–Kier alpha value is -2.71. The standard InChI is InChI=1S/C21H23N3O4S/c1-13-11-17-18(24(3)21(26)20(25)23(17)2)12-19(13)29(27,28)22-16-10-6-8-14-7-4-5-9-15(14)16/h4-5,7,9,11-12,16,22H,6,8,10H2,1-3H3/t16-/m1/s1. The lowest BCUT2D eigenvalue weighted by Gasteiger charge is -2.26. The van der Waals surface area contributed by atoms with Gasteiger partial charge in [0.1, 0.15) is 0 Å². The first kappa shape index (κ1) is 19.6. The van der Waals surface area contributed by atoms with E-state index in [0.717, 1.165) is 24.8 Å². The van der Waals surface area contributed by atoms with Crippen molar-refractivity contribution in [2.24, 2.45) is 14.1 Å². The molecule has 0 unspecified atom stereocenters. The zero-order valence-electron chi connectivity index (χ0n) is 16.6. The van der Waals surface area contributed by atoms with Crippen LogP contribution in [-0.4, -0.2) is 17.6 Å². The van der Waals surface area contributed by atoms with Gasteiger partial charge in [0.2, 0.25) is 10.0 Å². The van der Waals surface area contributed by atoms with Gasteiger partial charge in [-0.2, -0.15) is 0 Å². The first-order valence-corrected chi connectivity index (χ1v) is 11.0. The molecule has 0 saturated carbocycles. The van der Waals surface area contributed by atoms with Crippen molar-refractivity contribution in [3.05, 3.63) is 73.8 Å². The molecule has 7 nitrogen and oxygen atoms in total. The van der Waals surface area contributed by atoms with E-state index in [1.54, 1.807) is 13.0 Å². The molecule has 0 amide bonds. The van der Waals surface area contributed by atoms with Crippen LogP contribution in [0.4, 0.5) is 0 Å². The van der Waals surface area contributed by atoms with Crippen molar-refractivity contribution < 1.29 is 8.42 Å². The van der Waals surface area contributed by atoms with Gasteiger partial charge in [0.05, 0.1) is 15.9 Å². The maximum Gasteiger partial charge on any atom is 0.316 e. The molecule has 1 aliphatic carbocycles. The van der Waals surface area contributed by atoms with Gasteiger partial charge in [0.15, 0.2) is 0 Å². The fourth-order valence-corrected chi connectivity index (χ4v) is 5.62. The molecule has 1 atom stereocenters. The van der Waals surface area contributed by atoms with Crippen LogP contribution >= 0.6 is 0 Å². The van der Waals surface area contributed by atoms with E-state index in [2.05, 4.69) is 4.72 Å². The van der Waals surface area contributed by atoms with Crippen LogP contribution in [0.15, 0.2) is 50.9 Å². The third-order valence-corrected chi connectivity index (χ3v) is 7.36. The van der Waals surface area contributed by atoms with E-state index in [1.165, 1.54) is 34.9 Å². The second-order valence-corrected chi connectivity index (χ2v) is 9.28. The molecular weight excluding hydrogens is 390 g/mol. The summed E-state index contributed by atoms with van der Waals surface area (Å²) in [6.07, 6.45) is 2.59. The van der Waals surface area contributed by atoms with Crippen LogP contribution < -0.4 is 15.8 Å². The van der Waals surface area contributed by atoms with Gasteiger partial charge in [-0.25, -0.2) is 13.1 Å². The van der Waals surface area contributed by atoms with Gasteiger partial charge in [0, 0.05) is 20.1 Å². The quantitative estimate of drug-likeness (QED) is 0.664. The topological polar surface area (TPSA) is 90.2 Å². The lowest BCUT2D eigenvalue weighted by molar-refractivity contribution is 0.507. The third-order valence-electron chi connectivity index (χ3n) is 5.74. The molecule has 1 aromatic heterocycles. The van der Waals surface area contributed by atoms with Crippen LogP contribution in [0, 0.1) is 6.92 Å².